The minimum atomic E-state index is -0.874. The van der Waals surface area contributed by atoms with Gasteiger partial charge in [0.05, 0.1) is 5.69 Å². The molecule has 1 atom stereocenters. The molecule has 0 radical (unpaired) electrons. The van der Waals surface area contributed by atoms with E-state index >= 15 is 0 Å². The maximum absolute atomic E-state index is 11.4. The quantitative estimate of drug-likeness (QED) is 0.940. The smallest absolute Gasteiger partial charge is 0.312 e. The van der Waals surface area contributed by atoms with E-state index in [2.05, 4.69) is 25.9 Å². The lowest BCUT2D eigenvalue weighted by Crippen LogP contribution is -2.16. The normalized spacial score (nSPS) is 12.1. The van der Waals surface area contributed by atoms with Crippen LogP contribution in [0.1, 0.15) is 22.9 Å². The first-order chi connectivity index (χ1) is 9.06. The van der Waals surface area contributed by atoms with E-state index in [-0.39, 0.29) is 0 Å². The van der Waals surface area contributed by atoms with Crippen LogP contribution in [0.5, 0.6) is 0 Å². The topological polar surface area (TPSA) is 63.1 Å². The molecule has 1 unspecified atom stereocenters. The van der Waals surface area contributed by atoms with Gasteiger partial charge in [-0.25, -0.2) is 9.97 Å². The van der Waals surface area contributed by atoms with Gasteiger partial charge in [0.25, 0.3) is 0 Å². The van der Waals surface area contributed by atoms with Gasteiger partial charge in [0, 0.05) is 10.2 Å². The monoisotopic (exact) mass is 320 g/mol. The van der Waals surface area contributed by atoms with E-state index in [0.717, 1.165) is 15.7 Å². The molecular weight excluding hydrogens is 308 g/mol. The van der Waals surface area contributed by atoms with E-state index in [0.29, 0.717) is 12.1 Å². The molecule has 1 aromatic heterocycles. The fourth-order valence-corrected chi connectivity index (χ4v) is 2.10. The number of nitrogens with zero attached hydrogens (tertiary/aromatic N) is 2. The number of carbonyl (C=O) groups is 1. The third kappa shape index (κ3) is 3.61. The summed E-state index contributed by atoms with van der Waals surface area (Å²) in [7, 11) is 0. The van der Waals surface area contributed by atoms with Crippen LogP contribution in [-0.4, -0.2) is 21.0 Å². The standard InChI is InChI=1S/C14H13BrN2O2/c1-9-6-13(17-8-16-9)12(14(18)19)7-10-2-4-11(15)5-3-10/h2-6,8,12H,7H2,1H3,(H,18,19). The molecule has 0 fully saturated rings. The number of hydrogen-bond acceptors (Lipinski definition) is 3. The second-order valence-corrected chi connectivity index (χ2v) is 5.22. The fraction of sp³-hybridized carbons (Fsp3) is 0.214. The van der Waals surface area contributed by atoms with E-state index in [4.69, 9.17) is 0 Å². The number of aromatic nitrogens is 2. The van der Waals surface area contributed by atoms with Crippen molar-refractivity contribution in [2.24, 2.45) is 0 Å². The minimum Gasteiger partial charge on any atom is -0.481 e. The van der Waals surface area contributed by atoms with Gasteiger partial charge in [-0.1, -0.05) is 28.1 Å². The number of aryl methyl sites for hydroxylation is 1. The lowest BCUT2D eigenvalue weighted by molar-refractivity contribution is -0.138. The molecule has 1 aromatic carbocycles. The first-order valence-corrected chi connectivity index (χ1v) is 6.61. The van der Waals surface area contributed by atoms with Crippen molar-refractivity contribution < 1.29 is 9.90 Å². The van der Waals surface area contributed by atoms with Gasteiger partial charge < -0.3 is 5.11 Å². The second-order valence-electron chi connectivity index (χ2n) is 4.31. The van der Waals surface area contributed by atoms with Crippen LogP contribution in [-0.2, 0) is 11.2 Å². The Labute approximate surface area is 119 Å². The van der Waals surface area contributed by atoms with E-state index in [1.165, 1.54) is 6.33 Å². The first-order valence-electron chi connectivity index (χ1n) is 5.82. The van der Waals surface area contributed by atoms with Crippen molar-refractivity contribution in [2.75, 3.05) is 0 Å². The zero-order chi connectivity index (χ0) is 13.8. The maximum atomic E-state index is 11.4. The van der Waals surface area contributed by atoms with Crippen LogP contribution in [0.4, 0.5) is 0 Å². The van der Waals surface area contributed by atoms with Gasteiger partial charge in [0.2, 0.25) is 0 Å². The van der Waals surface area contributed by atoms with Crippen LogP contribution in [0.2, 0.25) is 0 Å². The SMILES string of the molecule is Cc1cc(C(Cc2ccc(Br)cc2)C(=O)O)ncn1. The molecule has 2 aromatic rings. The Bertz CT molecular complexity index is 584. The molecule has 19 heavy (non-hydrogen) atoms. The zero-order valence-electron chi connectivity index (χ0n) is 10.4. The van der Waals surface area contributed by atoms with Gasteiger partial charge in [0.1, 0.15) is 12.2 Å². The van der Waals surface area contributed by atoms with Crippen LogP contribution in [0.15, 0.2) is 41.1 Å². The molecule has 1 N–H and O–H groups in total. The lowest BCUT2D eigenvalue weighted by Gasteiger charge is -2.12. The number of aliphatic carboxylic acids is 1. The van der Waals surface area contributed by atoms with Gasteiger partial charge in [-0.15, -0.1) is 0 Å². The summed E-state index contributed by atoms with van der Waals surface area (Å²) in [6, 6.07) is 9.35. The van der Waals surface area contributed by atoms with Crippen LogP contribution in [0.25, 0.3) is 0 Å². The van der Waals surface area contributed by atoms with Crippen molar-refractivity contribution in [3.63, 3.8) is 0 Å². The number of rotatable bonds is 4. The summed E-state index contributed by atoms with van der Waals surface area (Å²) in [5.41, 5.74) is 2.28. The molecule has 0 bridgehead atoms. The summed E-state index contributed by atoms with van der Waals surface area (Å²) in [6.45, 7) is 1.82. The molecule has 2 rings (SSSR count). The number of halogens is 1. The van der Waals surface area contributed by atoms with Crippen molar-refractivity contribution in [1.29, 1.82) is 0 Å². The van der Waals surface area contributed by atoms with Gasteiger partial charge >= 0.3 is 5.97 Å². The predicted molar refractivity (Wildman–Crippen MR) is 75.0 cm³/mol. The summed E-state index contributed by atoms with van der Waals surface area (Å²) < 4.78 is 0.973. The van der Waals surface area contributed by atoms with Crippen LogP contribution in [0.3, 0.4) is 0 Å². The second kappa shape index (κ2) is 5.93. The van der Waals surface area contributed by atoms with E-state index in [1.54, 1.807) is 6.07 Å². The number of benzene rings is 1. The largest absolute Gasteiger partial charge is 0.481 e. The molecule has 5 heteroatoms. The fourth-order valence-electron chi connectivity index (χ4n) is 1.84. The van der Waals surface area contributed by atoms with Gasteiger partial charge in [-0.05, 0) is 37.1 Å². The highest BCUT2D eigenvalue weighted by Gasteiger charge is 2.22. The summed E-state index contributed by atoms with van der Waals surface area (Å²) in [4.78, 5) is 19.5. The number of carboxylic acids is 1. The molecule has 0 saturated heterocycles. The summed E-state index contributed by atoms with van der Waals surface area (Å²) in [5.74, 6) is -1.52. The summed E-state index contributed by atoms with van der Waals surface area (Å²) in [5, 5.41) is 9.36. The zero-order valence-corrected chi connectivity index (χ0v) is 12.0. The number of hydrogen-bond donors (Lipinski definition) is 1. The molecule has 4 nitrogen and oxygen atoms in total. The van der Waals surface area contributed by atoms with E-state index in [9.17, 15) is 9.90 Å². The summed E-state index contributed by atoms with van der Waals surface area (Å²) in [6.07, 6.45) is 1.82. The molecule has 0 aliphatic heterocycles. The first kappa shape index (κ1) is 13.7. The molecule has 0 aliphatic carbocycles. The van der Waals surface area contributed by atoms with Crippen molar-refractivity contribution in [2.45, 2.75) is 19.3 Å². The highest BCUT2D eigenvalue weighted by molar-refractivity contribution is 9.10. The highest BCUT2D eigenvalue weighted by atomic mass is 79.9. The summed E-state index contributed by atoms with van der Waals surface area (Å²) >= 11 is 3.36. The molecule has 98 valence electrons. The van der Waals surface area contributed by atoms with Crippen molar-refractivity contribution >= 4 is 21.9 Å². The van der Waals surface area contributed by atoms with Gasteiger partial charge in [0.15, 0.2) is 0 Å². The Hall–Kier alpha value is -1.75. The molecule has 0 spiro atoms. The molecule has 0 aliphatic rings. The molecule has 0 amide bonds. The number of carboxylic acid groups (broad SMARTS) is 1. The van der Waals surface area contributed by atoms with Crippen molar-refractivity contribution in [3.8, 4) is 0 Å². The molecule has 0 saturated carbocycles. The average molecular weight is 321 g/mol. The maximum Gasteiger partial charge on any atom is 0.312 e. The Morgan fingerprint density at radius 1 is 1.32 bits per heavy atom. The van der Waals surface area contributed by atoms with Crippen LogP contribution < -0.4 is 0 Å². The predicted octanol–water partition coefficient (Wildman–Crippen LogP) is 2.96. The van der Waals surface area contributed by atoms with Crippen LogP contribution >= 0.6 is 15.9 Å². The lowest BCUT2D eigenvalue weighted by atomic mass is 9.96. The highest BCUT2D eigenvalue weighted by Crippen LogP contribution is 2.21. The van der Waals surface area contributed by atoms with Gasteiger partial charge in [-0.2, -0.15) is 0 Å². The average Bonchev–Trinajstić information content (AvgIpc) is 2.37. The third-order valence-corrected chi connectivity index (χ3v) is 3.36. The van der Waals surface area contributed by atoms with E-state index in [1.807, 2.05) is 31.2 Å². The minimum absolute atomic E-state index is 0.416. The van der Waals surface area contributed by atoms with Crippen molar-refractivity contribution in [3.05, 3.63) is 58.1 Å². The van der Waals surface area contributed by atoms with Gasteiger partial charge in [-0.3, -0.25) is 4.79 Å². The van der Waals surface area contributed by atoms with E-state index < -0.39 is 11.9 Å². The Morgan fingerprint density at radius 2 is 2.00 bits per heavy atom. The van der Waals surface area contributed by atoms with Crippen molar-refractivity contribution in [1.82, 2.24) is 9.97 Å². The van der Waals surface area contributed by atoms with Crippen LogP contribution in [0, 0.1) is 6.92 Å². The Morgan fingerprint density at radius 3 is 2.58 bits per heavy atom. The molecule has 1 heterocycles. The molecular formula is C14H13BrN2O2. The third-order valence-electron chi connectivity index (χ3n) is 2.83. The Balaban J connectivity index is 2.26. The Kier molecular flexibility index (Phi) is 4.27.